The molecule has 1 aromatic rings. The molecule has 3 heteroatoms. The molecule has 94 valence electrons. The summed E-state index contributed by atoms with van der Waals surface area (Å²) in [5.74, 6) is 0.705. The molecule has 0 amide bonds. The van der Waals surface area contributed by atoms with E-state index in [1.165, 1.54) is 18.4 Å². The minimum absolute atomic E-state index is 0.0595. The van der Waals surface area contributed by atoms with E-state index >= 15 is 0 Å². The number of likely N-dealkylation sites (N-methyl/N-ethyl adjacent to an activating group) is 1. The van der Waals surface area contributed by atoms with Crippen molar-refractivity contribution in [3.05, 3.63) is 34.9 Å². The third-order valence-electron chi connectivity index (χ3n) is 3.52. The molecule has 1 aliphatic rings. The second kappa shape index (κ2) is 4.97. The van der Waals surface area contributed by atoms with Gasteiger partial charge < -0.3 is 10.6 Å². The summed E-state index contributed by atoms with van der Waals surface area (Å²) < 4.78 is 0. The number of halogens is 1. The highest BCUT2D eigenvalue weighted by molar-refractivity contribution is 6.31. The fraction of sp³-hybridized carbons (Fsp3) is 0.571. The van der Waals surface area contributed by atoms with Crippen molar-refractivity contribution in [2.24, 2.45) is 11.7 Å². The summed E-state index contributed by atoms with van der Waals surface area (Å²) in [7, 11) is 2.11. The van der Waals surface area contributed by atoms with E-state index in [0.29, 0.717) is 5.92 Å². The van der Waals surface area contributed by atoms with Crippen LogP contribution in [-0.4, -0.2) is 24.0 Å². The number of nitrogens with zero attached hydrogens (tertiary/aromatic N) is 1. The third-order valence-corrected chi connectivity index (χ3v) is 3.89. The van der Waals surface area contributed by atoms with Crippen molar-refractivity contribution in [2.45, 2.75) is 31.8 Å². The second-order valence-corrected chi connectivity index (χ2v) is 5.95. The zero-order valence-corrected chi connectivity index (χ0v) is 11.4. The van der Waals surface area contributed by atoms with Gasteiger partial charge >= 0.3 is 0 Å². The van der Waals surface area contributed by atoms with E-state index in [-0.39, 0.29) is 5.54 Å². The maximum atomic E-state index is 6.34. The molecular weight excluding hydrogens is 232 g/mol. The molecule has 1 aromatic carbocycles. The summed E-state index contributed by atoms with van der Waals surface area (Å²) in [5, 5.41) is 0.837. The van der Waals surface area contributed by atoms with E-state index < -0.39 is 0 Å². The number of hydrogen-bond acceptors (Lipinski definition) is 2. The van der Waals surface area contributed by atoms with Gasteiger partial charge in [0.05, 0.1) is 0 Å². The molecule has 1 fully saturated rings. The minimum atomic E-state index is -0.0595. The lowest BCUT2D eigenvalue weighted by atomic mass is 9.96. The number of benzene rings is 1. The fourth-order valence-corrected chi connectivity index (χ4v) is 2.62. The van der Waals surface area contributed by atoms with Crippen LogP contribution < -0.4 is 5.73 Å². The number of nitrogens with two attached hydrogens (primary N) is 1. The molecule has 1 unspecified atom stereocenters. The second-order valence-electron chi connectivity index (χ2n) is 5.54. The Labute approximate surface area is 109 Å². The van der Waals surface area contributed by atoms with Crippen molar-refractivity contribution >= 4 is 11.6 Å². The first-order chi connectivity index (χ1) is 7.99. The molecule has 0 aromatic heterocycles. The summed E-state index contributed by atoms with van der Waals surface area (Å²) in [6.45, 7) is 3.94. The van der Waals surface area contributed by atoms with Gasteiger partial charge in [-0.15, -0.1) is 0 Å². The molecule has 0 radical (unpaired) electrons. The van der Waals surface area contributed by atoms with Crippen LogP contribution in [0.25, 0.3) is 0 Å². The van der Waals surface area contributed by atoms with Crippen LogP contribution in [0.1, 0.15) is 25.3 Å². The summed E-state index contributed by atoms with van der Waals surface area (Å²) in [6, 6.07) is 8.00. The molecule has 0 saturated heterocycles. The molecule has 0 bridgehead atoms. The Bertz CT molecular complexity index is 386. The maximum Gasteiger partial charge on any atom is 0.0451 e. The molecule has 0 spiro atoms. The van der Waals surface area contributed by atoms with Crippen molar-refractivity contribution in [1.82, 2.24) is 4.90 Å². The van der Waals surface area contributed by atoms with Gasteiger partial charge in [0, 0.05) is 23.7 Å². The first-order valence-electron chi connectivity index (χ1n) is 6.20. The molecule has 0 heterocycles. The van der Waals surface area contributed by atoms with Gasteiger partial charge in [0.2, 0.25) is 0 Å². The topological polar surface area (TPSA) is 29.3 Å². The molecule has 0 aliphatic heterocycles. The Balaban J connectivity index is 1.93. The highest BCUT2D eigenvalue weighted by Gasteiger charge is 2.38. The van der Waals surface area contributed by atoms with Gasteiger partial charge in [-0.3, -0.25) is 0 Å². The van der Waals surface area contributed by atoms with Crippen LogP contribution in [0.2, 0.25) is 5.02 Å². The lowest BCUT2D eigenvalue weighted by Gasteiger charge is -2.30. The fourth-order valence-electron chi connectivity index (χ4n) is 2.43. The summed E-state index contributed by atoms with van der Waals surface area (Å²) in [6.07, 6.45) is 2.57. The van der Waals surface area contributed by atoms with Crippen LogP contribution >= 0.6 is 11.6 Å². The van der Waals surface area contributed by atoms with Gasteiger partial charge in [-0.05, 0) is 44.4 Å². The summed E-state index contributed by atoms with van der Waals surface area (Å²) in [5.41, 5.74) is 7.45. The third kappa shape index (κ3) is 3.44. The summed E-state index contributed by atoms with van der Waals surface area (Å²) in [4.78, 5) is 2.26. The predicted molar refractivity (Wildman–Crippen MR) is 73.1 cm³/mol. The Kier molecular flexibility index (Phi) is 3.76. The molecule has 2 rings (SSSR count). The average Bonchev–Trinajstić information content (AvgIpc) is 3.04. The normalized spacial score (nSPS) is 19.4. The largest absolute Gasteiger partial charge is 0.324 e. The van der Waals surface area contributed by atoms with E-state index in [1.807, 2.05) is 18.2 Å². The van der Waals surface area contributed by atoms with Gasteiger partial charge in [0.15, 0.2) is 0 Å². The molecule has 17 heavy (non-hydrogen) atoms. The molecule has 1 atom stereocenters. The zero-order chi connectivity index (χ0) is 12.5. The lowest BCUT2D eigenvalue weighted by Crippen LogP contribution is -2.48. The van der Waals surface area contributed by atoms with Gasteiger partial charge in [-0.2, -0.15) is 0 Å². The molecule has 2 N–H and O–H groups in total. The van der Waals surface area contributed by atoms with Crippen LogP contribution in [0, 0.1) is 5.92 Å². The first kappa shape index (κ1) is 12.9. The van der Waals surface area contributed by atoms with Crippen molar-refractivity contribution in [3.8, 4) is 0 Å². The van der Waals surface area contributed by atoms with Crippen molar-refractivity contribution in [3.63, 3.8) is 0 Å². The Morgan fingerprint density at radius 3 is 2.65 bits per heavy atom. The van der Waals surface area contributed by atoms with E-state index in [1.54, 1.807) is 0 Å². The smallest absolute Gasteiger partial charge is 0.0451 e. The highest BCUT2D eigenvalue weighted by atomic mass is 35.5. The van der Waals surface area contributed by atoms with Crippen molar-refractivity contribution in [2.75, 3.05) is 13.6 Å². The van der Waals surface area contributed by atoms with E-state index in [0.717, 1.165) is 18.1 Å². The number of rotatable bonds is 5. The Hall–Kier alpha value is -0.570. The van der Waals surface area contributed by atoms with Crippen LogP contribution in [0.3, 0.4) is 0 Å². The average molecular weight is 253 g/mol. The van der Waals surface area contributed by atoms with Crippen LogP contribution in [-0.2, 0) is 6.54 Å². The van der Waals surface area contributed by atoms with Crippen molar-refractivity contribution in [1.29, 1.82) is 0 Å². The first-order valence-corrected chi connectivity index (χ1v) is 6.57. The highest BCUT2D eigenvalue weighted by Crippen LogP contribution is 2.38. The molecule has 2 nitrogen and oxygen atoms in total. The zero-order valence-electron chi connectivity index (χ0n) is 10.6. The molecule has 1 saturated carbocycles. The van der Waals surface area contributed by atoms with Gasteiger partial charge in [-0.1, -0.05) is 29.8 Å². The van der Waals surface area contributed by atoms with Crippen molar-refractivity contribution < 1.29 is 0 Å². The van der Waals surface area contributed by atoms with Gasteiger partial charge in [-0.25, -0.2) is 0 Å². The van der Waals surface area contributed by atoms with Gasteiger partial charge in [0.1, 0.15) is 0 Å². The maximum absolute atomic E-state index is 6.34. The lowest BCUT2D eigenvalue weighted by molar-refractivity contribution is 0.232. The standard InChI is InChI=1S/C14H21ClN2/c1-14(16,12-7-8-12)10-17(2)9-11-5-3-4-6-13(11)15/h3-6,12H,7-10,16H2,1-2H3. The van der Waals surface area contributed by atoms with Crippen LogP contribution in [0.15, 0.2) is 24.3 Å². The monoisotopic (exact) mass is 252 g/mol. The van der Waals surface area contributed by atoms with Crippen LogP contribution in [0.4, 0.5) is 0 Å². The van der Waals surface area contributed by atoms with Gasteiger partial charge in [0.25, 0.3) is 0 Å². The minimum Gasteiger partial charge on any atom is -0.324 e. The molecular formula is C14H21ClN2. The van der Waals surface area contributed by atoms with E-state index in [4.69, 9.17) is 17.3 Å². The molecule has 1 aliphatic carbocycles. The van der Waals surface area contributed by atoms with E-state index in [2.05, 4.69) is 24.9 Å². The predicted octanol–water partition coefficient (Wildman–Crippen LogP) is 2.90. The Morgan fingerprint density at radius 2 is 2.06 bits per heavy atom. The Morgan fingerprint density at radius 1 is 1.41 bits per heavy atom. The van der Waals surface area contributed by atoms with Crippen LogP contribution in [0.5, 0.6) is 0 Å². The summed E-state index contributed by atoms with van der Waals surface area (Å²) >= 11 is 6.16. The quantitative estimate of drug-likeness (QED) is 0.873. The SMILES string of the molecule is CN(Cc1ccccc1Cl)CC(C)(N)C1CC1. The number of hydrogen-bond donors (Lipinski definition) is 1. The van der Waals surface area contributed by atoms with E-state index in [9.17, 15) is 0 Å².